The Morgan fingerprint density at radius 2 is 1.53 bits per heavy atom. The number of nitriles is 1. The van der Waals surface area contributed by atoms with Gasteiger partial charge in [-0.3, -0.25) is 0 Å². The topological polar surface area (TPSA) is 23.8 Å². The SMILES string of the molecule is C#N.CC(C)(C)c1ccc(SC2CCCCC2)cc1. The fraction of sp³-hybridized carbons (Fsp3) is 0.588. The molecule has 1 aliphatic carbocycles. The second-order valence-corrected chi connectivity index (χ2v) is 7.53. The van der Waals surface area contributed by atoms with Gasteiger partial charge in [-0.1, -0.05) is 52.2 Å². The minimum atomic E-state index is 0.272. The van der Waals surface area contributed by atoms with E-state index >= 15 is 0 Å². The number of nitrogens with zero attached hydrogens (tertiary/aromatic N) is 1. The molecule has 0 amide bonds. The molecule has 19 heavy (non-hydrogen) atoms. The fourth-order valence-corrected chi connectivity index (χ4v) is 3.66. The smallest absolute Gasteiger partial charge is 0.0462 e. The van der Waals surface area contributed by atoms with Crippen molar-refractivity contribution >= 4 is 11.8 Å². The number of benzene rings is 1. The van der Waals surface area contributed by atoms with Gasteiger partial charge in [0.1, 0.15) is 0 Å². The van der Waals surface area contributed by atoms with Gasteiger partial charge >= 0.3 is 0 Å². The zero-order valence-corrected chi connectivity index (χ0v) is 13.2. The second-order valence-electron chi connectivity index (χ2n) is 6.15. The molecule has 1 aromatic rings. The standard InChI is InChI=1S/C16H24S.CHN/c1-16(2,3)13-9-11-15(12-10-13)17-14-7-5-4-6-8-14;1-2/h9-12,14H,4-8H2,1-3H3;1H. The number of hydrogen-bond donors (Lipinski definition) is 0. The van der Waals surface area contributed by atoms with Gasteiger partial charge in [-0.2, -0.15) is 0 Å². The van der Waals surface area contributed by atoms with Gasteiger partial charge in [0.2, 0.25) is 0 Å². The quantitative estimate of drug-likeness (QED) is 0.706. The Hall–Kier alpha value is -0.940. The Morgan fingerprint density at radius 1 is 1.00 bits per heavy atom. The molecule has 2 heteroatoms. The Balaban J connectivity index is 0.000000861. The van der Waals surface area contributed by atoms with Gasteiger partial charge in [0.05, 0.1) is 0 Å². The lowest BCUT2D eigenvalue weighted by Gasteiger charge is -2.22. The molecule has 0 radical (unpaired) electrons. The highest BCUT2D eigenvalue weighted by Crippen LogP contribution is 2.34. The van der Waals surface area contributed by atoms with Crippen LogP contribution in [-0.2, 0) is 5.41 Å². The first kappa shape index (κ1) is 16.1. The lowest BCUT2D eigenvalue weighted by molar-refractivity contribution is 0.516. The van der Waals surface area contributed by atoms with Gasteiger partial charge in [-0.25, -0.2) is 5.26 Å². The largest absolute Gasteiger partial charge is 0.202 e. The Kier molecular flexibility index (Phi) is 6.45. The maximum atomic E-state index is 6.50. The molecule has 0 heterocycles. The number of hydrogen-bond acceptors (Lipinski definition) is 2. The van der Waals surface area contributed by atoms with E-state index in [0.717, 1.165) is 5.25 Å². The summed E-state index contributed by atoms with van der Waals surface area (Å²) in [5, 5.41) is 7.37. The van der Waals surface area contributed by atoms with Crippen LogP contribution in [0, 0.1) is 11.8 Å². The van der Waals surface area contributed by atoms with Gasteiger partial charge in [-0.05, 0) is 36.0 Å². The van der Waals surface area contributed by atoms with Crippen LogP contribution in [0.3, 0.4) is 0 Å². The summed E-state index contributed by atoms with van der Waals surface area (Å²) >= 11 is 2.08. The summed E-state index contributed by atoms with van der Waals surface area (Å²) in [6, 6.07) is 9.20. The van der Waals surface area contributed by atoms with Gasteiger partial charge in [0.25, 0.3) is 0 Å². The molecule has 0 aliphatic heterocycles. The molecule has 1 fully saturated rings. The molecule has 0 saturated heterocycles. The molecular weight excluding hydrogens is 250 g/mol. The van der Waals surface area contributed by atoms with E-state index in [1.165, 1.54) is 42.6 Å². The van der Waals surface area contributed by atoms with Crippen molar-refractivity contribution in [1.82, 2.24) is 0 Å². The number of rotatable bonds is 2. The van der Waals surface area contributed by atoms with Gasteiger partial charge < -0.3 is 0 Å². The molecule has 0 spiro atoms. The lowest BCUT2D eigenvalue weighted by atomic mass is 9.87. The summed E-state index contributed by atoms with van der Waals surface area (Å²) in [5.74, 6) is 0. The summed E-state index contributed by atoms with van der Waals surface area (Å²) < 4.78 is 0. The molecule has 104 valence electrons. The van der Waals surface area contributed by atoms with Crippen LogP contribution in [0.4, 0.5) is 0 Å². The molecule has 1 aliphatic rings. The van der Waals surface area contributed by atoms with Crippen LogP contribution >= 0.6 is 11.8 Å². The monoisotopic (exact) mass is 275 g/mol. The third-order valence-corrected chi connectivity index (χ3v) is 4.92. The van der Waals surface area contributed by atoms with E-state index in [1.54, 1.807) is 0 Å². The molecule has 0 unspecified atom stereocenters. The zero-order valence-electron chi connectivity index (χ0n) is 12.4. The maximum absolute atomic E-state index is 6.50. The molecule has 1 nitrogen and oxygen atoms in total. The first-order chi connectivity index (χ1) is 9.05. The Morgan fingerprint density at radius 3 is 2.00 bits per heavy atom. The average molecular weight is 275 g/mol. The minimum absolute atomic E-state index is 0.272. The van der Waals surface area contributed by atoms with Crippen molar-refractivity contribution in [3.8, 4) is 6.57 Å². The van der Waals surface area contributed by atoms with Crippen molar-refractivity contribution in [2.24, 2.45) is 0 Å². The van der Waals surface area contributed by atoms with Crippen LogP contribution in [0.5, 0.6) is 0 Å². The molecule has 0 atom stereocenters. The molecule has 2 rings (SSSR count). The molecule has 0 aromatic heterocycles. The van der Waals surface area contributed by atoms with Crippen molar-refractivity contribution in [3.63, 3.8) is 0 Å². The van der Waals surface area contributed by atoms with E-state index in [4.69, 9.17) is 5.26 Å². The Bertz CT molecular complexity index is 380. The van der Waals surface area contributed by atoms with Crippen LogP contribution in [0.1, 0.15) is 58.4 Å². The van der Waals surface area contributed by atoms with Gasteiger partial charge in [0, 0.05) is 16.7 Å². The van der Waals surface area contributed by atoms with Crippen LogP contribution < -0.4 is 0 Å². The van der Waals surface area contributed by atoms with E-state index in [9.17, 15) is 0 Å². The normalized spacial score (nSPS) is 16.5. The highest BCUT2D eigenvalue weighted by atomic mass is 32.2. The van der Waals surface area contributed by atoms with Gasteiger partial charge in [0.15, 0.2) is 0 Å². The average Bonchev–Trinajstić information content (AvgIpc) is 2.42. The summed E-state index contributed by atoms with van der Waals surface area (Å²) in [7, 11) is 0. The predicted molar refractivity (Wildman–Crippen MR) is 84.5 cm³/mol. The summed E-state index contributed by atoms with van der Waals surface area (Å²) in [6.07, 6.45) is 7.12. The van der Waals surface area contributed by atoms with Crippen molar-refractivity contribution in [2.75, 3.05) is 0 Å². The first-order valence-electron chi connectivity index (χ1n) is 7.09. The van der Waals surface area contributed by atoms with E-state index in [0.29, 0.717) is 0 Å². The van der Waals surface area contributed by atoms with Crippen LogP contribution in [0.25, 0.3) is 0 Å². The summed E-state index contributed by atoms with van der Waals surface area (Å²) in [5.41, 5.74) is 1.71. The maximum Gasteiger partial charge on any atom is 0.0462 e. The Labute approximate surface area is 122 Å². The van der Waals surface area contributed by atoms with E-state index < -0.39 is 0 Å². The third kappa shape index (κ3) is 5.28. The van der Waals surface area contributed by atoms with E-state index in [2.05, 4.69) is 63.4 Å². The van der Waals surface area contributed by atoms with Crippen molar-refractivity contribution in [1.29, 1.82) is 5.26 Å². The molecular formula is C17H25NS. The zero-order chi connectivity index (χ0) is 14.3. The van der Waals surface area contributed by atoms with Crippen molar-refractivity contribution in [3.05, 3.63) is 29.8 Å². The fourth-order valence-electron chi connectivity index (χ4n) is 2.41. The summed E-state index contributed by atoms with van der Waals surface area (Å²) in [4.78, 5) is 1.45. The van der Waals surface area contributed by atoms with Crippen molar-refractivity contribution in [2.45, 2.75) is 68.4 Å². The van der Waals surface area contributed by atoms with Crippen LogP contribution in [0.2, 0.25) is 0 Å². The van der Waals surface area contributed by atoms with Crippen LogP contribution in [-0.4, -0.2) is 5.25 Å². The highest BCUT2D eigenvalue weighted by Gasteiger charge is 2.16. The predicted octanol–water partition coefficient (Wildman–Crippen LogP) is 5.55. The van der Waals surface area contributed by atoms with Crippen LogP contribution in [0.15, 0.2) is 29.2 Å². The van der Waals surface area contributed by atoms with Gasteiger partial charge in [-0.15, -0.1) is 11.8 Å². The molecule has 1 saturated carbocycles. The lowest BCUT2D eigenvalue weighted by Crippen LogP contribution is -2.11. The van der Waals surface area contributed by atoms with E-state index in [-0.39, 0.29) is 5.41 Å². The molecule has 0 bridgehead atoms. The second kappa shape index (κ2) is 7.60. The first-order valence-corrected chi connectivity index (χ1v) is 7.97. The molecule has 0 N–H and O–H groups in total. The minimum Gasteiger partial charge on any atom is -0.202 e. The van der Waals surface area contributed by atoms with Crippen molar-refractivity contribution < 1.29 is 0 Å². The van der Waals surface area contributed by atoms with E-state index in [1.807, 2.05) is 0 Å². The summed E-state index contributed by atoms with van der Waals surface area (Å²) in [6.45, 7) is 10.3. The molecule has 1 aromatic carbocycles. The third-order valence-electron chi connectivity index (χ3n) is 3.58. The highest BCUT2D eigenvalue weighted by molar-refractivity contribution is 8.00. The number of thioether (sulfide) groups is 1.